The largest absolute Gasteiger partial charge is 0.493 e. The maximum atomic E-state index is 11.3. The first-order chi connectivity index (χ1) is 10.2. The molecule has 0 spiro atoms. The lowest BCUT2D eigenvalue weighted by Gasteiger charge is -2.11. The molecule has 0 aromatic heterocycles. The Morgan fingerprint density at radius 1 is 1.19 bits per heavy atom. The van der Waals surface area contributed by atoms with Crippen LogP contribution in [0.5, 0.6) is 11.5 Å². The van der Waals surface area contributed by atoms with E-state index in [1.54, 1.807) is 20.1 Å². The first kappa shape index (κ1) is 17.1. The minimum atomic E-state index is -0.351. The van der Waals surface area contributed by atoms with Crippen LogP contribution in [0.4, 0.5) is 0 Å². The maximum absolute atomic E-state index is 11.3. The molecule has 116 valence electrons. The van der Waals surface area contributed by atoms with Crippen LogP contribution in [-0.4, -0.2) is 26.3 Å². The fourth-order valence-corrected chi connectivity index (χ4v) is 1.80. The van der Waals surface area contributed by atoms with E-state index in [9.17, 15) is 4.79 Å². The van der Waals surface area contributed by atoms with Gasteiger partial charge in [0.05, 0.1) is 20.3 Å². The summed E-state index contributed by atoms with van der Waals surface area (Å²) in [6.45, 7) is 4.99. The number of hydrogen-bond acceptors (Lipinski definition) is 4. The van der Waals surface area contributed by atoms with Gasteiger partial charge in [0.2, 0.25) is 0 Å². The zero-order chi connectivity index (χ0) is 15.5. The molecule has 1 rings (SSSR count). The zero-order valence-corrected chi connectivity index (χ0v) is 13.1. The summed E-state index contributed by atoms with van der Waals surface area (Å²) in [4.78, 5) is 11.3. The number of ether oxygens (including phenoxy) is 3. The molecule has 1 aromatic rings. The topological polar surface area (TPSA) is 44.8 Å². The van der Waals surface area contributed by atoms with Gasteiger partial charge in [-0.05, 0) is 37.1 Å². The molecule has 0 saturated carbocycles. The van der Waals surface area contributed by atoms with Gasteiger partial charge >= 0.3 is 5.97 Å². The van der Waals surface area contributed by atoms with Crippen molar-refractivity contribution in [3.63, 3.8) is 0 Å². The summed E-state index contributed by atoms with van der Waals surface area (Å²) in [5, 5.41) is 0. The normalized spacial score (nSPS) is 10.6. The van der Waals surface area contributed by atoms with Crippen LogP contribution < -0.4 is 9.47 Å². The lowest BCUT2D eigenvalue weighted by molar-refractivity contribution is -0.137. The second-order valence-corrected chi connectivity index (χ2v) is 4.55. The number of carbonyl (C=O) groups is 1. The summed E-state index contributed by atoms with van der Waals surface area (Å²) in [7, 11) is 1.60. The van der Waals surface area contributed by atoms with E-state index in [4.69, 9.17) is 14.2 Å². The van der Waals surface area contributed by atoms with Gasteiger partial charge in [0, 0.05) is 6.08 Å². The van der Waals surface area contributed by atoms with Crippen molar-refractivity contribution in [1.82, 2.24) is 0 Å². The van der Waals surface area contributed by atoms with E-state index in [-0.39, 0.29) is 5.97 Å². The number of hydrogen-bond donors (Lipinski definition) is 0. The van der Waals surface area contributed by atoms with Crippen LogP contribution in [0.2, 0.25) is 0 Å². The number of benzene rings is 1. The summed E-state index contributed by atoms with van der Waals surface area (Å²) < 4.78 is 15.9. The maximum Gasteiger partial charge on any atom is 0.330 e. The van der Waals surface area contributed by atoms with E-state index < -0.39 is 0 Å². The van der Waals surface area contributed by atoms with Crippen LogP contribution in [0, 0.1) is 0 Å². The van der Waals surface area contributed by atoms with Crippen molar-refractivity contribution in [2.24, 2.45) is 0 Å². The Morgan fingerprint density at radius 2 is 2.00 bits per heavy atom. The van der Waals surface area contributed by atoms with Crippen molar-refractivity contribution in [1.29, 1.82) is 0 Å². The van der Waals surface area contributed by atoms with Gasteiger partial charge in [0.25, 0.3) is 0 Å². The van der Waals surface area contributed by atoms with Gasteiger partial charge in [-0.1, -0.05) is 25.8 Å². The van der Waals surface area contributed by atoms with Crippen LogP contribution in [0.3, 0.4) is 0 Å². The molecule has 0 amide bonds. The quantitative estimate of drug-likeness (QED) is 0.394. The van der Waals surface area contributed by atoms with Crippen molar-refractivity contribution >= 4 is 12.0 Å². The average molecular weight is 292 g/mol. The van der Waals surface area contributed by atoms with Gasteiger partial charge in [0.1, 0.15) is 0 Å². The van der Waals surface area contributed by atoms with E-state index in [0.29, 0.717) is 19.0 Å². The van der Waals surface area contributed by atoms with Crippen molar-refractivity contribution in [3.05, 3.63) is 29.8 Å². The van der Waals surface area contributed by atoms with Crippen LogP contribution in [0.25, 0.3) is 6.08 Å². The van der Waals surface area contributed by atoms with Crippen molar-refractivity contribution < 1.29 is 19.0 Å². The molecule has 0 unspecified atom stereocenters. The molecular formula is C17H24O4. The van der Waals surface area contributed by atoms with Crippen LogP contribution >= 0.6 is 0 Å². The van der Waals surface area contributed by atoms with Gasteiger partial charge in [-0.25, -0.2) is 4.79 Å². The highest BCUT2D eigenvalue weighted by molar-refractivity contribution is 5.87. The van der Waals surface area contributed by atoms with Crippen LogP contribution in [0.15, 0.2) is 24.3 Å². The Morgan fingerprint density at radius 3 is 2.67 bits per heavy atom. The summed E-state index contributed by atoms with van der Waals surface area (Å²) >= 11 is 0. The van der Waals surface area contributed by atoms with Crippen molar-refractivity contribution in [3.8, 4) is 11.5 Å². The molecule has 0 atom stereocenters. The Labute approximate surface area is 126 Å². The molecule has 21 heavy (non-hydrogen) atoms. The average Bonchev–Trinajstić information content (AvgIpc) is 2.50. The molecule has 0 N–H and O–H groups in total. The number of esters is 1. The summed E-state index contributed by atoms with van der Waals surface area (Å²) in [6.07, 6.45) is 6.45. The number of carbonyl (C=O) groups excluding carboxylic acids is 1. The second-order valence-electron chi connectivity index (χ2n) is 4.55. The Kier molecular flexibility index (Phi) is 8.02. The number of methoxy groups -OCH3 is 1. The van der Waals surface area contributed by atoms with E-state index in [2.05, 4.69) is 6.92 Å². The monoisotopic (exact) mass is 292 g/mol. The smallest absolute Gasteiger partial charge is 0.330 e. The van der Waals surface area contributed by atoms with Gasteiger partial charge in [0.15, 0.2) is 11.5 Å². The third-order valence-electron chi connectivity index (χ3n) is 2.89. The van der Waals surface area contributed by atoms with Crippen LogP contribution in [0.1, 0.15) is 38.7 Å². The predicted molar refractivity (Wildman–Crippen MR) is 83.7 cm³/mol. The Hall–Kier alpha value is -1.97. The molecular weight excluding hydrogens is 268 g/mol. The zero-order valence-electron chi connectivity index (χ0n) is 13.1. The molecule has 0 aliphatic carbocycles. The second kappa shape index (κ2) is 9.86. The minimum Gasteiger partial charge on any atom is -0.493 e. The molecule has 1 aromatic carbocycles. The molecule has 4 heteroatoms. The van der Waals surface area contributed by atoms with Gasteiger partial charge < -0.3 is 14.2 Å². The molecule has 0 heterocycles. The van der Waals surface area contributed by atoms with Gasteiger partial charge in [-0.2, -0.15) is 0 Å². The Balaban J connectivity index is 2.67. The van der Waals surface area contributed by atoms with Gasteiger partial charge in [-0.15, -0.1) is 0 Å². The Bertz CT molecular complexity index is 466. The number of unbranched alkanes of at least 4 members (excludes halogenated alkanes) is 2. The molecule has 0 fully saturated rings. The SMILES string of the molecule is CCCCCOc1ccc(C=CC(=O)OCC)cc1OC. The first-order valence-electron chi connectivity index (χ1n) is 7.37. The van der Waals surface area contributed by atoms with Crippen molar-refractivity contribution in [2.45, 2.75) is 33.1 Å². The minimum absolute atomic E-state index is 0.351. The first-order valence-corrected chi connectivity index (χ1v) is 7.37. The highest BCUT2D eigenvalue weighted by atomic mass is 16.5. The third kappa shape index (κ3) is 6.34. The highest BCUT2D eigenvalue weighted by Crippen LogP contribution is 2.28. The summed E-state index contributed by atoms with van der Waals surface area (Å²) in [6, 6.07) is 5.58. The molecule has 0 bridgehead atoms. The van der Waals surface area contributed by atoms with E-state index >= 15 is 0 Å². The summed E-state index contributed by atoms with van der Waals surface area (Å²) in [5.41, 5.74) is 0.862. The fourth-order valence-electron chi connectivity index (χ4n) is 1.80. The fraction of sp³-hybridized carbons (Fsp3) is 0.471. The predicted octanol–water partition coefficient (Wildman–Crippen LogP) is 3.84. The lowest BCUT2D eigenvalue weighted by Crippen LogP contribution is -2.00. The molecule has 0 aliphatic rings. The van der Waals surface area contributed by atoms with Crippen molar-refractivity contribution in [2.75, 3.05) is 20.3 Å². The van der Waals surface area contributed by atoms with E-state index in [1.165, 1.54) is 6.08 Å². The molecule has 0 saturated heterocycles. The van der Waals surface area contributed by atoms with Gasteiger partial charge in [-0.3, -0.25) is 0 Å². The lowest BCUT2D eigenvalue weighted by atomic mass is 10.2. The highest BCUT2D eigenvalue weighted by Gasteiger charge is 2.05. The standard InChI is InChI=1S/C17H24O4/c1-4-6-7-12-21-15-10-8-14(13-16(15)19-3)9-11-17(18)20-5-2/h8-11,13H,4-7,12H2,1-3H3. The van der Waals surface area contributed by atoms with E-state index in [1.807, 2.05) is 18.2 Å². The van der Waals surface area contributed by atoms with E-state index in [0.717, 1.165) is 30.6 Å². The van der Waals surface area contributed by atoms with Crippen LogP contribution in [-0.2, 0) is 9.53 Å². The molecule has 4 nitrogen and oxygen atoms in total. The summed E-state index contributed by atoms with van der Waals surface area (Å²) in [5.74, 6) is 1.04. The third-order valence-corrected chi connectivity index (χ3v) is 2.89. The molecule has 0 aliphatic heterocycles. The number of rotatable bonds is 9. The molecule has 0 radical (unpaired) electrons.